The average Bonchev–Trinajstić information content (AvgIpc) is 2.52. The zero-order chi connectivity index (χ0) is 16.1. The minimum atomic E-state index is -1.59. The van der Waals surface area contributed by atoms with Crippen molar-refractivity contribution in [2.45, 2.75) is 0 Å². The van der Waals surface area contributed by atoms with E-state index in [0.29, 0.717) is 11.4 Å². The summed E-state index contributed by atoms with van der Waals surface area (Å²) in [5.41, 5.74) is 0.150. The van der Waals surface area contributed by atoms with E-state index in [4.69, 9.17) is 4.74 Å². The lowest BCUT2D eigenvalue weighted by atomic mass is 10.2. The van der Waals surface area contributed by atoms with Crippen molar-refractivity contribution < 1.29 is 22.7 Å². The fourth-order valence-corrected chi connectivity index (χ4v) is 1.78. The molecule has 0 radical (unpaired) electrons. The monoisotopic (exact) mass is 310 g/mol. The Morgan fingerprint density at radius 1 is 1.05 bits per heavy atom. The van der Waals surface area contributed by atoms with Crippen LogP contribution in [0.2, 0.25) is 0 Å². The van der Waals surface area contributed by atoms with Crippen LogP contribution in [0, 0.1) is 17.5 Å². The van der Waals surface area contributed by atoms with Crippen LogP contribution in [0.15, 0.2) is 36.4 Å². The van der Waals surface area contributed by atoms with Crippen molar-refractivity contribution in [1.82, 2.24) is 0 Å². The fraction of sp³-hybridized carbons (Fsp3) is 0.133. The number of carbonyl (C=O) groups excluding carboxylic acids is 1. The Hall–Kier alpha value is -2.70. The van der Waals surface area contributed by atoms with Gasteiger partial charge in [0.25, 0.3) is 0 Å². The molecule has 0 saturated heterocycles. The number of anilines is 2. The van der Waals surface area contributed by atoms with Crippen LogP contribution >= 0.6 is 0 Å². The van der Waals surface area contributed by atoms with Crippen LogP contribution in [0.4, 0.5) is 24.5 Å². The maximum Gasteiger partial charge on any atom is 0.243 e. The molecule has 2 aromatic rings. The standard InChI is InChI=1S/C15H13F3N2O2/c1-22-12-5-3-2-4-10(12)20-13(21)8-19-11-7-6-9(16)14(17)15(11)18/h2-7,19H,8H2,1H3,(H,20,21). The van der Waals surface area contributed by atoms with Crippen molar-refractivity contribution in [3.63, 3.8) is 0 Å². The third kappa shape index (κ3) is 3.49. The molecule has 1 amide bonds. The summed E-state index contributed by atoms with van der Waals surface area (Å²) in [5, 5.41) is 4.96. The van der Waals surface area contributed by atoms with E-state index in [1.807, 2.05) is 0 Å². The van der Waals surface area contributed by atoms with Gasteiger partial charge < -0.3 is 15.4 Å². The quantitative estimate of drug-likeness (QED) is 0.834. The van der Waals surface area contributed by atoms with Gasteiger partial charge in [0.05, 0.1) is 25.0 Å². The second-order valence-corrected chi connectivity index (χ2v) is 4.32. The van der Waals surface area contributed by atoms with Crippen molar-refractivity contribution in [1.29, 1.82) is 0 Å². The van der Waals surface area contributed by atoms with E-state index in [0.717, 1.165) is 12.1 Å². The normalized spacial score (nSPS) is 10.2. The number of benzene rings is 2. The Balaban J connectivity index is 2.00. The van der Waals surface area contributed by atoms with Crippen molar-refractivity contribution in [3.8, 4) is 5.75 Å². The van der Waals surface area contributed by atoms with Crippen molar-refractivity contribution in [2.75, 3.05) is 24.3 Å². The van der Waals surface area contributed by atoms with Gasteiger partial charge in [0.2, 0.25) is 5.91 Å². The molecule has 0 atom stereocenters. The van der Waals surface area contributed by atoms with Gasteiger partial charge in [-0.05, 0) is 24.3 Å². The van der Waals surface area contributed by atoms with Crippen molar-refractivity contribution >= 4 is 17.3 Å². The lowest BCUT2D eigenvalue weighted by Crippen LogP contribution is -2.22. The summed E-state index contributed by atoms with van der Waals surface area (Å²) in [6, 6.07) is 8.54. The molecule has 0 aliphatic carbocycles. The Bertz CT molecular complexity index is 692. The average molecular weight is 310 g/mol. The molecule has 0 bridgehead atoms. The Morgan fingerprint density at radius 3 is 2.50 bits per heavy atom. The van der Waals surface area contributed by atoms with E-state index in [2.05, 4.69) is 10.6 Å². The molecule has 0 aliphatic heterocycles. The highest BCUT2D eigenvalue weighted by molar-refractivity contribution is 5.95. The molecule has 4 nitrogen and oxygen atoms in total. The molecule has 0 aliphatic rings. The number of hydrogen-bond donors (Lipinski definition) is 2. The van der Waals surface area contributed by atoms with E-state index in [1.165, 1.54) is 7.11 Å². The summed E-state index contributed by atoms with van der Waals surface area (Å²) in [4.78, 5) is 11.8. The summed E-state index contributed by atoms with van der Waals surface area (Å²) in [7, 11) is 1.46. The van der Waals surface area contributed by atoms with Gasteiger partial charge >= 0.3 is 0 Å². The number of hydrogen-bond acceptors (Lipinski definition) is 3. The number of ether oxygens (including phenoxy) is 1. The molecule has 0 unspecified atom stereocenters. The summed E-state index contributed by atoms with van der Waals surface area (Å²) in [6.07, 6.45) is 0. The molecule has 116 valence electrons. The number of methoxy groups -OCH3 is 1. The van der Waals surface area contributed by atoms with Gasteiger partial charge in [-0.1, -0.05) is 12.1 Å². The Morgan fingerprint density at radius 2 is 1.77 bits per heavy atom. The largest absolute Gasteiger partial charge is 0.495 e. The van der Waals surface area contributed by atoms with Crippen LogP contribution in [-0.4, -0.2) is 19.6 Å². The molecule has 2 N–H and O–H groups in total. The van der Waals surface area contributed by atoms with Crippen LogP contribution in [0.25, 0.3) is 0 Å². The zero-order valence-corrected chi connectivity index (χ0v) is 11.6. The highest BCUT2D eigenvalue weighted by atomic mass is 19.2. The van der Waals surface area contributed by atoms with Gasteiger partial charge in [0.1, 0.15) is 5.75 Å². The molecule has 7 heteroatoms. The van der Waals surface area contributed by atoms with Crippen LogP contribution < -0.4 is 15.4 Å². The number of para-hydroxylation sites is 2. The molecule has 0 saturated carbocycles. The van der Waals surface area contributed by atoms with Crippen LogP contribution in [0.1, 0.15) is 0 Å². The Kier molecular flexibility index (Phi) is 4.88. The minimum Gasteiger partial charge on any atom is -0.495 e. The van der Waals surface area contributed by atoms with Gasteiger partial charge in [0.15, 0.2) is 17.5 Å². The van der Waals surface area contributed by atoms with E-state index in [9.17, 15) is 18.0 Å². The maximum absolute atomic E-state index is 13.4. The van der Waals surface area contributed by atoms with Gasteiger partial charge in [-0.15, -0.1) is 0 Å². The number of halogens is 3. The molecule has 0 aromatic heterocycles. The number of nitrogens with one attached hydrogen (secondary N) is 2. The fourth-order valence-electron chi connectivity index (χ4n) is 1.78. The summed E-state index contributed by atoms with van der Waals surface area (Å²) < 4.78 is 44.3. The van der Waals surface area contributed by atoms with Gasteiger partial charge in [-0.2, -0.15) is 0 Å². The van der Waals surface area contributed by atoms with Gasteiger partial charge in [-0.3, -0.25) is 4.79 Å². The molecule has 2 aromatic carbocycles. The second kappa shape index (κ2) is 6.84. The highest BCUT2D eigenvalue weighted by Gasteiger charge is 2.14. The predicted octanol–water partition coefficient (Wildman–Crippen LogP) is 3.16. The lowest BCUT2D eigenvalue weighted by molar-refractivity contribution is -0.114. The van der Waals surface area contributed by atoms with Crippen LogP contribution in [0.3, 0.4) is 0 Å². The lowest BCUT2D eigenvalue weighted by Gasteiger charge is -2.11. The third-order valence-electron chi connectivity index (χ3n) is 2.86. The van der Waals surface area contributed by atoms with E-state index in [1.54, 1.807) is 24.3 Å². The smallest absolute Gasteiger partial charge is 0.243 e. The third-order valence-corrected chi connectivity index (χ3v) is 2.86. The highest BCUT2D eigenvalue weighted by Crippen LogP contribution is 2.23. The molecular formula is C15H13F3N2O2. The number of rotatable bonds is 5. The van der Waals surface area contributed by atoms with Gasteiger partial charge in [-0.25, -0.2) is 13.2 Å². The van der Waals surface area contributed by atoms with Crippen LogP contribution in [0.5, 0.6) is 5.75 Å². The molecule has 22 heavy (non-hydrogen) atoms. The molecule has 0 spiro atoms. The first-order chi connectivity index (χ1) is 10.5. The summed E-state index contributed by atoms with van der Waals surface area (Å²) >= 11 is 0. The minimum absolute atomic E-state index is 0.297. The first-order valence-electron chi connectivity index (χ1n) is 6.33. The topological polar surface area (TPSA) is 50.4 Å². The van der Waals surface area contributed by atoms with E-state index in [-0.39, 0.29) is 12.2 Å². The maximum atomic E-state index is 13.4. The Labute approximate surface area is 124 Å². The summed E-state index contributed by atoms with van der Waals surface area (Å²) in [6.45, 7) is -0.319. The SMILES string of the molecule is COc1ccccc1NC(=O)CNc1ccc(F)c(F)c1F. The molecule has 2 rings (SSSR count). The molecular weight excluding hydrogens is 297 g/mol. The molecule has 0 fully saturated rings. The first-order valence-corrected chi connectivity index (χ1v) is 6.33. The van der Waals surface area contributed by atoms with Crippen LogP contribution in [-0.2, 0) is 4.79 Å². The van der Waals surface area contributed by atoms with Crippen molar-refractivity contribution in [3.05, 3.63) is 53.8 Å². The number of amides is 1. The first kappa shape index (κ1) is 15.7. The molecule has 0 heterocycles. The second-order valence-electron chi connectivity index (χ2n) is 4.32. The van der Waals surface area contributed by atoms with Crippen molar-refractivity contribution in [2.24, 2.45) is 0 Å². The number of carbonyl (C=O) groups is 1. The van der Waals surface area contributed by atoms with Gasteiger partial charge in [0, 0.05) is 0 Å². The van der Waals surface area contributed by atoms with E-state index < -0.39 is 23.4 Å². The predicted molar refractivity (Wildman–Crippen MR) is 76.4 cm³/mol. The zero-order valence-electron chi connectivity index (χ0n) is 11.6. The van der Waals surface area contributed by atoms with E-state index >= 15 is 0 Å². The summed E-state index contributed by atoms with van der Waals surface area (Å²) in [5.74, 6) is -4.27.